The second-order valence-corrected chi connectivity index (χ2v) is 4.24. The van der Waals surface area contributed by atoms with Crippen molar-refractivity contribution < 1.29 is 14.3 Å². The number of hydrogen-bond acceptors (Lipinski definition) is 4. The molecule has 92 valence electrons. The molecule has 0 fully saturated rings. The molecule has 0 saturated carbocycles. The molecule has 3 nitrogen and oxygen atoms in total. The third-order valence-electron chi connectivity index (χ3n) is 2.04. The van der Waals surface area contributed by atoms with Crippen molar-refractivity contribution in [3.05, 3.63) is 29.3 Å². The monoisotopic (exact) mass is 272 g/mol. The fourth-order valence-corrected chi connectivity index (χ4v) is 1.78. The third kappa shape index (κ3) is 4.40. The molecule has 0 radical (unpaired) electrons. The molecule has 0 heterocycles. The Morgan fingerprint density at radius 1 is 1.35 bits per heavy atom. The van der Waals surface area contributed by atoms with E-state index in [2.05, 4.69) is 12.6 Å². The summed E-state index contributed by atoms with van der Waals surface area (Å²) in [6.07, 6.45) is 0.199. The van der Waals surface area contributed by atoms with Gasteiger partial charge in [0.2, 0.25) is 0 Å². The molecule has 5 heteroatoms. The number of esters is 1. The summed E-state index contributed by atoms with van der Waals surface area (Å²) in [5.74, 6) is -0.547. The molecule has 0 aliphatic carbocycles. The van der Waals surface area contributed by atoms with E-state index in [1.807, 2.05) is 0 Å². The third-order valence-corrected chi connectivity index (χ3v) is 2.60. The molecule has 0 spiro atoms. The summed E-state index contributed by atoms with van der Waals surface area (Å²) in [4.78, 5) is 23.4. The van der Waals surface area contributed by atoms with Gasteiger partial charge in [-0.05, 0) is 30.7 Å². The van der Waals surface area contributed by atoms with Crippen LogP contribution in [-0.2, 0) is 16.0 Å². The van der Waals surface area contributed by atoms with Crippen LogP contribution in [0, 0.1) is 0 Å². The standard InChI is InChI=1S/C12H13ClO3S/c1-2-16-12(15)9-3-8(4-10(14)7-13)5-11(17)6-9/h3,5-6,17H,2,4,7H2,1H3. The highest BCUT2D eigenvalue weighted by Gasteiger charge is 2.10. The second kappa shape index (κ2) is 6.67. The van der Waals surface area contributed by atoms with Crippen molar-refractivity contribution in [2.24, 2.45) is 0 Å². The summed E-state index contributed by atoms with van der Waals surface area (Å²) in [5, 5.41) is 0. The first-order valence-corrected chi connectivity index (χ1v) is 6.12. The molecule has 0 saturated heterocycles. The van der Waals surface area contributed by atoms with Crippen LogP contribution in [0.1, 0.15) is 22.8 Å². The van der Waals surface area contributed by atoms with Gasteiger partial charge >= 0.3 is 5.97 Å². The van der Waals surface area contributed by atoms with Crippen LogP contribution in [0.15, 0.2) is 23.1 Å². The molecule has 0 aliphatic heterocycles. The minimum absolute atomic E-state index is 0.0362. The van der Waals surface area contributed by atoms with E-state index in [1.165, 1.54) is 0 Å². The first-order chi connectivity index (χ1) is 8.06. The summed E-state index contributed by atoms with van der Waals surface area (Å²) < 4.78 is 4.89. The normalized spacial score (nSPS) is 10.1. The Bertz CT molecular complexity index is 432. The average molecular weight is 273 g/mol. The zero-order valence-corrected chi connectivity index (χ0v) is 11.1. The highest BCUT2D eigenvalue weighted by atomic mass is 35.5. The van der Waals surface area contributed by atoms with Crippen LogP contribution in [0.3, 0.4) is 0 Å². The number of carbonyl (C=O) groups is 2. The summed E-state index contributed by atoms with van der Waals surface area (Å²) in [5.41, 5.74) is 1.11. The SMILES string of the molecule is CCOC(=O)c1cc(S)cc(CC(=O)CCl)c1. The van der Waals surface area contributed by atoms with Crippen LogP contribution in [0.5, 0.6) is 0 Å². The molecule has 0 amide bonds. The Labute approximate surface area is 111 Å². The summed E-state index contributed by atoms with van der Waals surface area (Å²) in [6.45, 7) is 2.05. The average Bonchev–Trinajstić information content (AvgIpc) is 2.28. The van der Waals surface area contributed by atoms with Gasteiger partial charge in [-0.3, -0.25) is 4.79 Å². The summed E-state index contributed by atoms with van der Waals surface area (Å²) in [6, 6.07) is 4.97. The van der Waals surface area contributed by atoms with Gasteiger partial charge in [0.1, 0.15) is 0 Å². The maximum Gasteiger partial charge on any atom is 0.338 e. The number of ketones is 1. The molecule has 17 heavy (non-hydrogen) atoms. The van der Waals surface area contributed by atoms with Gasteiger partial charge in [-0.15, -0.1) is 24.2 Å². The summed E-state index contributed by atoms with van der Waals surface area (Å²) >= 11 is 9.62. The molecule has 0 unspecified atom stereocenters. The molecular weight excluding hydrogens is 260 g/mol. The first-order valence-electron chi connectivity index (χ1n) is 5.14. The Balaban J connectivity index is 2.93. The van der Waals surface area contributed by atoms with Gasteiger partial charge in [0.15, 0.2) is 5.78 Å². The number of carbonyl (C=O) groups excluding carboxylic acids is 2. The minimum atomic E-state index is -0.414. The number of halogens is 1. The van der Waals surface area contributed by atoms with E-state index in [0.29, 0.717) is 22.6 Å². The molecule has 0 aliphatic rings. The van der Waals surface area contributed by atoms with E-state index in [4.69, 9.17) is 16.3 Å². The van der Waals surface area contributed by atoms with Crippen molar-refractivity contribution >= 4 is 36.0 Å². The molecule has 1 aromatic rings. The van der Waals surface area contributed by atoms with Crippen molar-refractivity contribution in [2.45, 2.75) is 18.2 Å². The molecular formula is C12H13ClO3S. The molecule has 1 aromatic carbocycles. The highest BCUT2D eigenvalue weighted by Crippen LogP contribution is 2.15. The number of thiol groups is 1. The number of alkyl halides is 1. The molecule has 0 N–H and O–H groups in total. The van der Waals surface area contributed by atoms with Crippen molar-refractivity contribution in [1.29, 1.82) is 0 Å². The number of hydrogen-bond donors (Lipinski definition) is 1. The van der Waals surface area contributed by atoms with Gasteiger partial charge in [-0.2, -0.15) is 0 Å². The number of benzene rings is 1. The van der Waals surface area contributed by atoms with Crippen molar-refractivity contribution in [3.8, 4) is 0 Å². The second-order valence-electron chi connectivity index (χ2n) is 3.46. The van der Waals surface area contributed by atoms with E-state index in [-0.39, 0.29) is 18.1 Å². The van der Waals surface area contributed by atoms with Crippen LogP contribution in [0.25, 0.3) is 0 Å². The molecule has 0 atom stereocenters. The smallest absolute Gasteiger partial charge is 0.338 e. The van der Waals surface area contributed by atoms with E-state index in [1.54, 1.807) is 25.1 Å². The van der Waals surface area contributed by atoms with Crippen LogP contribution >= 0.6 is 24.2 Å². The number of Topliss-reactive ketones (excluding diaryl/α,β-unsaturated/α-hetero) is 1. The topological polar surface area (TPSA) is 43.4 Å². The van der Waals surface area contributed by atoms with Crippen molar-refractivity contribution in [2.75, 3.05) is 12.5 Å². The number of ether oxygens (including phenoxy) is 1. The number of rotatable bonds is 5. The largest absolute Gasteiger partial charge is 0.462 e. The maximum atomic E-state index is 11.5. The van der Waals surface area contributed by atoms with Crippen LogP contribution in [0.2, 0.25) is 0 Å². The fourth-order valence-electron chi connectivity index (χ4n) is 1.38. The van der Waals surface area contributed by atoms with Crippen molar-refractivity contribution in [1.82, 2.24) is 0 Å². The molecule has 0 aromatic heterocycles. The highest BCUT2D eigenvalue weighted by molar-refractivity contribution is 7.80. The zero-order chi connectivity index (χ0) is 12.8. The van der Waals surface area contributed by atoms with E-state index >= 15 is 0 Å². The van der Waals surface area contributed by atoms with Crippen molar-refractivity contribution in [3.63, 3.8) is 0 Å². The van der Waals surface area contributed by atoms with Gasteiger partial charge < -0.3 is 4.74 Å². The fraction of sp³-hybridized carbons (Fsp3) is 0.333. The lowest BCUT2D eigenvalue weighted by atomic mass is 10.1. The lowest BCUT2D eigenvalue weighted by molar-refractivity contribution is -0.116. The summed E-state index contributed by atoms with van der Waals surface area (Å²) in [7, 11) is 0. The van der Waals surface area contributed by atoms with Crippen LogP contribution in [0.4, 0.5) is 0 Å². The Hall–Kier alpha value is -1.00. The lowest BCUT2D eigenvalue weighted by Gasteiger charge is -2.06. The predicted molar refractivity (Wildman–Crippen MR) is 69.1 cm³/mol. The zero-order valence-electron chi connectivity index (χ0n) is 9.40. The van der Waals surface area contributed by atoms with E-state index < -0.39 is 5.97 Å². The quantitative estimate of drug-likeness (QED) is 0.509. The Morgan fingerprint density at radius 2 is 2.06 bits per heavy atom. The van der Waals surface area contributed by atoms with Gasteiger partial charge in [-0.1, -0.05) is 0 Å². The predicted octanol–water partition coefficient (Wildman–Crippen LogP) is 2.50. The van der Waals surface area contributed by atoms with Gasteiger partial charge in [0.25, 0.3) is 0 Å². The van der Waals surface area contributed by atoms with E-state index in [0.717, 1.165) is 0 Å². The van der Waals surface area contributed by atoms with Gasteiger partial charge in [-0.25, -0.2) is 4.79 Å². The van der Waals surface area contributed by atoms with Gasteiger partial charge in [0.05, 0.1) is 18.1 Å². The Kier molecular flexibility index (Phi) is 5.51. The maximum absolute atomic E-state index is 11.5. The van der Waals surface area contributed by atoms with Gasteiger partial charge in [0, 0.05) is 11.3 Å². The van der Waals surface area contributed by atoms with Crippen LogP contribution < -0.4 is 0 Å². The van der Waals surface area contributed by atoms with Crippen LogP contribution in [-0.4, -0.2) is 24.2 Å². The molecule has 0 bridgehead atoms. The van der Waals surface area contributed by atoms with E-state index in [9.17, 15) is 9.59 Å². The minimum Gasteiger partial charge on any atom is -0.462 e. The molecule has 1 rings (SSSR count). The first kappa shape index (κ1) is 14.1. The Morgan fingerprint density at radius 3 is 2.65 bits per heavy atom. The lowest BCUT2D eigenvalue weighted by Crippen LogP contribution is -2.08.